The molecule has 0 aromatic heterocycles. The number of halogens is 1. The van der Waals surface area contributed by atoms with E-state index in [9.17, 15) is 4.79 Å². The van der Waals surface area contributed by atoms with Crippen LogP contribution in [-0.2, 0) is 4.74 Å². The molecule has 1 aromatic rings. The number of ether oxygens (including phenoxy) is 1. The summed E-state index contributed by atoms with van der Waals surface area (Å²) in [5, 5.41) is 0.943. The van der Waals surface area contributed by atoms with E-state index in [2.05, 4.69) is 22.5 Å². The lowest BCUT2D eigenvalue weighted by molar-refractivity contribution is 0.0500. The van der Waals surface area contributed by atoms with E-state index in [-0.39, 0.29) is 5.97 Å². The van der Waals surface area contributed by atoms with E-state index in [1.54, 1.807) is 18.2 Å². The predicted octanol–water partition coefficient (Wildman–Crippen LogP) is 3.66. The van der Waals surface area contributed by atoms with Gasteiger partial charge >= 0.3 is 5.97 Å². The normalized spacial score (nSPS) is 9.81. The summed E-state index contributed by atoms with van der Waals surface area (Å²) >= 11 is 3.33. The van der Waals surface area contributed by atoms with Gasteiger partial charge in [0.2, 0.25) is 0 Å². The van der Waals surface area contributed by atoms with Crippen LogP contribution in [0.25, 0.3) is 6.08 Å². The van der Waals surface area contributed by atoms with Gasteiger partial charge in [-0.05, 0) is 30.5 Å². The van der Waals surface area contributed by atoms with Gasteiger partial charge in [-0.15, -0.1) is 0 Å². The fraction of sp³-hybridized carbons (Fsp3) is 0.308. The van der Waals surface area contributed by atoms with Crippen molar-refractivity contribution in [2.24, 2.45) is 0 Å². The molecular formula is C13H15BrO2. The van der Waals surface area contributed by atoms with Gasteiger partial charge < -0.3 is 4.74 Å². The van der Waals surface area contributed by atoms with Crippen molar-refractivity contribution in [3.8, 4) is 0 Å². The summed E-state index contributed by atoms with van der Waals surface area (Å²) in [4.78, 5) is 11.5. The first-order valence-electron chi connectivity index (χ1n) is 5.23. The van der Waals surface area contributed by atoms with Crippen molar-refractivity contribution in [2.75, 3.05) is 11.9 Å². The Balaban J connectivity index is 2.43. The van der Waals surface area contributed by atoms with Crippen molar-refractivity contribution < 1.29 is 9.53 Å². The second-order valence-corrected chi connectivity index (χ2v) is 4.15. The van der Waals surface area contributed by atoms with E-state index in [0.29, 0.717) is 12.2 Å². The molecule has 0 aliphatic carbocycles. The smallest absolute Gasteiger partial charge is 0.338 e. The highest BCUT2D eigenvalue weighted by atomic mass is 79.9. The van der Waals surface area contributed by atoms with Crippen LogP contribution in [0.2, 0.25) is 0 Å². The van der Waals surface area contributed by atoms with Crippen molar-refractivity contribution >= 4 is 28.0 Å². The summed E-state index contributed by atoms with van der Waals surface area (Å²) < 4.78 is 5.12. The van der Waals surface area contributed by atoms with E-state index in [1.165, 1.54) is 0 Å². The van der Waals surface area contributed by atoms with Gasteiger partial charge in [0.25, 0.3) is 0 Å². The quantitative estimate of drug-likeness (QED) is 0.452. The van der Waals surface area contributed by atoms with Crippen LogP contribution in [0.1, 0.15) is 28.8 Å². The van der Waals surface area contributed by atoms with Gasteiger partial charge in [-0.1, -0.05) is 40.7 Å². The highest BCUT2D eigenvalue weighted by Crippen LogP contribution is 2.07. The Morgan fingerprint density at radius 3 is 2.56 bits per heavy atom. The third-order valence-electron chi connectivity index (χ3n) is 2.14. The zero-order valence-corrected chi connectivity index (χ0v) is 10.7. The average Bonchev–Trinajstić information content (AvgIpc) is 2.34. The second kappa shape index (κ2) is 7.23. The molecule has 1 aromatic carbocycles. The van der Waals surface area contributed by atoms with Crippen LogP contribution in [0, 0.1) is 0 Å². The molecule has 0 saturated heterocycles. The fourth-order valence-corrected chi connectivity index (χ4v) is 1.60. The number of carbonyl (C=O) groups excluding carboxylic acids is 1. The summed E-state index contributed by atoms with van der Waals surface area (Å²) in [6.45, 7) is 4.13. The Morgan fingerprint density at radius 2 is 2.00 bits per heavy atom. The molecule has 0 heterocycles. The number of esters is 1. The van der Waals surface area contributed by atoms with Crippen LogP contribution < -0.4 is 0 Å². The zero-order valence-electron chi connectivity index (χ0n) is 9.12. The first-order valence-corrected chi connectivity index (χ1v) is 6.35. The maximum Gasteiger partial charge on any atom is 0.338 e. The maximum atomic E-state index is 11.5. The molecule has 0 bridgehead atoms. The molecule has 1 rings (SSSR count). The number of carbonyl (C=O) groups is 1. The first kappa shape index (κ1) is 13.0. The Hall–Kier alpha value is -1.09. The summed E-state index contributed by atoms with van der Waals surface area (Å²) in [6, 6.07) is 7.21. The van der Waals surface area contributed by atoms with E-state index in [0.717, 1.165) is 23.7 Å². The molecule has 0 unspecified atom stereocenters. The molecule has 0 radical (unpaired) electrons. The highest BCUT2D eigenvalue weighted by Gasteiger charge is 2.05. The maximum absolute atomic E-state index is 11.5. The van der Waals surface area contributed by atoms with Gasteiger partial charge in [0.1, 0.15) is 0 Å². The van der Waals surface area contributed by atoms with Crippen molar-refractivity contribution in [3.05, 3.63) is 42.0 Å². The summed E-state index contributed by atoms with van der Waals surface area (Å²) in [7, 11) is 0. The Morgan fingerprint density at radius 1 is 1.31 bits per heavy atom. The van der Waals surface area contributed by atoms with Gasteiger partial charge in [-0.25, -0.2) is 4.79 Å². The van der Waals surface area contributed by atoms with Crippen LogP contribution in [0.3, 0.4) is 0 Å². The molecule has 3 heteroatoms. The van der Waals surface area contributed by atoms with Crippen LogP contribution in [0.15, 0.2) is 30.8 Å². The van der Waals surface area contributed by atoms with Crippen LogP contribution in [0.5, 0.6) is 0 Å². The van der Waals surface area contributed by atoms with E-state index in [1.807, 2.05) is 12.1 Å². The molecule has 86 valence electrons. The predicted molar refractivity (Wildman–Crippen MR) is 69.8 cm³/mol. The molecule has 0 fully saturated rings. The Kier molecular flexibility index (Phi) is 5.86. The fourth-order valence-electron chi connectivity index (χ4n) is 1.20. The molecular weight excluding hydrogens is 268 g/mol. The highest BCUT2D eigenvalue weighted by molar-refractivity contribution is 9.09. The molecule has 0 saturated carbocycles. The Labute approximate surface area is 104 Å². The van der Waals surface area contributed by atoms with E-state index >= 15 is 0 Å². The van der Waals surface area contributed by atoms with Crippen LogP contribution >= 0.6 is 15.9 Å². The van der Waals surface area contributed by atoms with Gasteiger partial charge in [-0.2, -0.15) is 0 Å². The number of benzene rings is 1. The van der Waals surface area contributed by atoms with Crippen molar-refractivity contribution in [2.45, 2.75) is 12.8 Å². The molecule has 16 heavy (non-hydrogen) atoms. The monoisotopic (exact) mass is 282 g/mol. The first-order chi connectivity index (χ1) is 7.77. The number of alkyl halides is 1. The van der Waals surface area contributed by atoms with Gasteiger partial charge in [0, 0.05) is 5.33 Å². The molecule has 0 amide bonds. The molecule has 0 atom stereocenters. The molecule has 0 aliphatic heterocycles. The minimum atomic E-state index is -0.259. The second-order valence-electron chi connectivity index (χ2n) is 3.36. The SMILES string of the molecule is C=Cc1ccc(C(=O)OCCCCBr)cc1. The van der Waals surface area contributed by atoms with E-state index in [4.69, 9.17) is 4.74 Å². The third-order valence-corrected chi connectivity index (χ3v) is 2.70. The number of rotatable bonds is 6. The van der Waals surface area contributed by atoms with Crippen molar-refractivity contribution in [3.63, 3.8) is 0 Å². The molecule has 0 aliphatic rings. The number of unbranched alkanes of at least 4 members (excludes halogenated alkanes) is 1. The van der Waals surface area contributed by atoms with Gasteiger partial charge in [0.15, 0.2) is 0 Å². The lowest BCUT2D eigenvalue weighted by Gasteiger charge is -2.04. The van der Waals surface area contributed by atoms with Gasteiger partial charge in [-0.3, -0.25) is 0 Å². The summed E-state index contributed by atoms with van der Waals surface area (Å²) in [5.74, 6) is -0.259. The largest absolute Gasteiger partial charge is 0.462 e. The van der Waals surface area contributed by atoms with Crippen LogP contribution in [-0.4, -0.2) is 17.9 Å². The lowest BCUT2D eigenvalue weighted by Crippen LogP contribution is -2.06. The molecule has 2 nitrogen and oxygen atoms in total. The van der Waals surface area contributed by atoms with Crippen LogP contribution in [0.4, 0.5) is 0 Å². The lowest BCUT2D eigenvalue weighted by atomic mass is 10.1. The molecule has 0 N–H and O–H groups in total. The summed E-state index contributed by atoms with van der Waals surface area (Å²) in [6.07, 6.45) is 3.65. The number of hydrogen-bond acceptors (Lipinski definition) is 2. The summed E-state index contributed by atoms with van der Waals surface area (Å²) in [5.41, 5.74) is 1.58. The average molecular weight is 283 g/mol. The Bertz CT molecular complexity index is 343. The number of hydrogen-bond donors (Lipinski definition) is 0. The topological polar surface area (TPSA) is 26.3 Å². The standard InChI is InChI=1S/C13H15BrO2/c1-2-11-5-7-12(8-6-11)13(15)16-10-4-3-9-14/h2,5-8H,1,3-4,9-10H2. The van der Waals surface area contributed by atoms with Crippen molar-refractivity contribution in [1.29, 1.82) is 0 Å². The third kappa shape index (κ3) is 4.19. The minimum Gasteiger partial charge on any atom is -0.462 e. The molecule has 0 spiro atoms. The van der Waals surface area contributed by atoms with Gasteiger partial charge in [0.05, 0.1) is 12.2 Å². The van der Waals surface area contributed by atoms with E-state index < -0.39 is 0 Å². The minimum absolute atomic E-state index is 0.259. The van der Waals surface area contributed by atoms with Crippen molar-refractivity contribution in [1.82, 2.24) is 0 Å². The zero-order chi connectivity index (χ0) is 11.8.